The normalized spacial score (nSPS) is 15.6. The lowest BCUT2D eigenvalue weighted by Gasteiger charge is -2.29. The van der Waals surface area contributed by atoms with E-state index in [1.165, 1.54) is 11.3 Å². The molecule has 0 aliphatic carbocycles. The molecule has 1 heterocycles. The standard InChI is InChI=1S/C21H28N2O3/c1-16(20-14-19(24-2)8-9-21(20)25-3)22-15-17-4-6-18(7-5-17)23-10-12-26-13-11-23/h4-9,14,16,22H,10-13,15H2,1-3H3. The molecule has 0 amide bonds. The third-order valence-electron chi connectivity index (χ3n) is 4.83. The predicted molar refractivity (Wildman–Crippen MR) is 104 cm³/mol. The van der Waals surface area contributed by atoms with Gasteiger partial charge in [0, 0.05) is 36.9 Å². The van der Waals surface area contributed by atoms with Gasteiger partial charge in [-0.25, -0.2) is 0 Å². The van der Waals surface area contributed by atoms with Crippen LogP contribution in [0, 0.1) is 0 Å². The van der Waals surface area contributed by atoms with Crippen LogP contribution in [-0.2, 0) is 11.3 Å². The minimum atomic E-state index is 0.152. The summed E-state index contributed by atoms with van der Waals surface area (Å²) in [5, 5.41) is 3.57. The maximum absolute atomic E-state index is 5.49. The van der Waals surface area contributed by atoms with E-state index in [4.69, 9.17) is 14.2 Å². The van der Waals surface area contributed by atoms with Gasteiger partial charge >= 0.3 is 0 Å². The van der Waals surface area contributed by atoms with E-state index in [0.717, 1.165) is 49.9 Å². The summed E-state index contributed by atoms with van der Waals surface area (Å²) in [6, 6.07) is 14.8. The number of morpholine rings is 1. The van der Waals surface area contributed by atoms with E-state index in [2.05, 4.69) is 41.4 Å². The smallest absolute Gasteiger partial charge is 0.123 e. The molecule has 26 heavy (non-hydrogen) atoms. The summed E-state index contributed by atoms with van der Waals surface area (Å²) in [5.74, 6) is 1.71. The molecule has 3 rings (SSSR count). The summed E-state index contributed by atoms with van der Waals surface area (Å²) in [5.41, 5.74) is 3.62. The Bertz CT molecular complexity index is 697. The van der Waals surface area contributed by atoms with Gasteiger partial charge in [-0.2, -0.15) is 0 Å². The van der Waals surface area contributed by atoms with Gasteiger partial charge in [0.25, 0.3) is 0 Å². The van der Waals surface area contributed by atoms with Crippen molar-refractivity contribution in [1.29, 1.82) is 0 Å². The van der Waals surface area contributed by atoms with Gasteiger partial charge in [0.2, 0.25) is 0 Å². The first-order chi connectivity index (χ1) is 12.7. The predicted octanol–water partition coefficient (Wildman–Crippen LogP) is 3.39. The number of ether oxygens (including phenoxy) is 3. The number of benzene rings is 2. The van der Waals surface area contributed by atoms with Crippen LogP contribution < -0.4 is 19.7 Å². The van der Waals surface area contributed by atoms with E-state index < -0.39 is 0 Å². The van der Waals surface area contributed by atoms with E-state index in [0.29, 0.717) is 0 Å². The molecule has 1 unspecified atom stereocenters. The van der Waals surface area contributed by atoms with Crippen molar-refractivity contribution in [2.24, 2.45) is 0 Å². The molecule has 1 saturated heterocycles. The summed E-state index contributed by atoms with van der Waals surface area (Å²) in [4.78, 5) is 2.37. The van der Waals surface area contributed by atoms with Gasteiger partial charge in [-0.15, -0.1) is 0 Å². The summed E-state index contributed by atoms with van der Waals surface area (Å²) in [6.07, 6.45) is 0. The first kappa shape index (κ1) is 18.5. The second kappa shape index (κ2) is 8.92. The quantitative estimate of drug-likeness (QED) is 0.824. The SMILES string of the molecule is COc1ccc(OC)c(C(C)NCc2ccc(N3CCOCC3)cc2)c1. The van der Waals surface area contributed by atoms with Gasteiger partial charge in [0.1, 0.15) is 11.5 Å². The number of hydrogen-bond acceptors (Lipinski definition) is 5. The van der Waals surface area contributed by atoms with Crippen LogP contribution in [0.5, 0.6) is 11.5 Å². The fourth-order valence-electron chi connectivity index (χ4n) is 3.20. The van der Waals surface area contributed by atoms with Gasteiger partial charge in [0.15, 0.2) is 0 Å². The minimum Gasteiger partial charge on any atom is -0.497 e. The number of nitrogens with one attached hydrogen (secondary N) is 1. The zero-order valence-electron chi connectivity index (χ0n) is 15.8. The number of rotatable bonds is 7. The van der Waals surface area contributed by atoms with Crippen molar-refractivity contribution in [1.82, 2.24) is 5.32 Å². The first-order valence-electron chi connectivity index (χ1n) is 9.08. The molecule has 1 aliphatic rings. The highest BCUT2D eigenvalue weighted by atomic mass is 16.5. The second-order valence-electron chi connectivity index (χ2n) is 6.48. The van der Waals surface area contributed by atoms with Gasteiger partial charge in [-0.1, -0.05) is 12.1 Å². The summed E-state index contributed by atoms with van der Waals surface area (Å²) < 4.78 is 16.2. The van der Waals surface area contributed by atoms with E-state index >= 15 is 0 Å². The molecular formula is C21H28N2O3. The third-order valence-corrected chi connectivity index (χ3v) is 4.83. The second-order valence-corrected chi connectivity index (χ2v) is 6.48. The summed E-state index contributed by atoms with van der Waals surface area (Å²) in [6.45, 7) is 6.48. The number of methoxy groups -OCH3 is 2. The van der Waals surface area contributed by atoms with Crippen molar-refractivity contribution >= 4 is 5.69 Å². The molecule has 140 valence electrons. The van der Waals surface area contributed by atoms with Crippen LogP contribution in [0.25, 0.3) is 0 Å². The fraction of sp³-hybridized carbons (Fsp3) is 0.429. The van der Waals surface area contributed by atoms with Crippen molar-refractivity contribution in [3.05, 3.63) is 53.6 Å². The molecule has 5 heteroatoms. The Morgan fingerprint density at radius 2 is 1.77 bits per heavy atom. The van der Waals surface area contributed by atoms with Crippen molar-refractivity contribution in [2.75, 3.05) is 45.4 Å². The van der Waals surface area contributed by atoms with E-state index in [9.17, 15) is 0 Å². The zero-order chi connectivity index (χ0) is 18.4. The van der Waals surface area contributed by atoms with Crippen LogP contribution in [0.15, 0.2) is 42.5 Å². The van der Waals surface area contributed by atoms with Crippen LogP contribution in [0.1, 0.15) is 24.1 Å². The number of nitrogens with zero attached hydrogens (tertiary/aromatic N) is 1. The lowest BCUT2D eigenvalue weighted by atomic mass is 10.1. The monoisotopic (exact) mass is 356 g/mol. The number of hydrogen-bond donors (Lipinski definition) is 1. The molecule has 0 spiro atoms. The van der Waals surface area contributed by atoms with Gasteiger partial charge < -0.3 is 24.4 Å². The molecule has 0 aromatic heterocycles. The van der Waals surface area contributed by atoms with Gasteiger partial charge in [-0.05, 0) is 42.8 Å². The van der Waals surface area contributed by atoms with E-state index in [1.54, 1.807) is 14.2 Å². The maximum Gasteiger partial charge on any atom is 0.123 e. The van der Waals surface area contributed by atoms with E-state index in [-0.39, 0.29) is 6.04 Å². The number of anilines is 1. The molecule has 1 atom stereocenters. The molecule has 0 bridgehead atoms. The molecule has 1 fully saturated rings. The highest BCUT2D eigenvalue weighted by Crippen LogP contribution is 2.29. The first-order valence-corrected chi connectivity index (χ1v) is 9.08. The molecule has 1 N–H and O–H groups in total. The van der Waals surface area contributed by atoms with Crippen molar-refractivity contribution in [2.45, 2.75) is 19.5 Å². The topological polar surface area (TPSA) is 43.0 Å². The summed E-state index contributed by atoms with van der Waals surface area (Å²) in [7, 11) is 3.38. The van der Waals surface area contributed by atoms with E-state index in [1.807, 2.05) is 18.2 Å². The average molecular weight is 356 g/mol. The Balaban J connectivity index is 1.61. The van der Waals surface area contributed by atoms with Crippen LogP contribution in [0.4, 0.5) is 5.69 Å². The van der Waals surface area contributed by atoms with Crippen molar-refractivity contribution < 1.29 is 14.2 Å². The molecular weight excluding hydrogens is 328 g/mol. The average Bonchev–Trinajstić information content (AvgIpc) is 2.72. The Kier molecular flexibility index (Phi) is 6.36. The fourth-order valence-corrected chi connectivity index (χ4v) is 3.20. The van der Waals surface area contributed by atoms with Crippen LogP contribution >= 0.6 is 0 Å². The van der Waals surface area contributed by atoms with Crippen LogP contribution in [0.2, 0.25) is 0 Å². The Morgan fingerprint density at radius 1 is 1.04 bits per heavy atom. The largest absolute Gasteiger partial charge is 0.497 e. The molecule has 2 aromatic carbocycles. The highest BCUT2D eigenvalue weighted by molar-refractivity contribution is 5.48. The van der Waals surface area contributed by atoms with Crippen LogP contribution in [0.3, 0.4) is 0 Å². The Labute approximate surface area is 155 Å². The summed E-state index contributed by atoms with van der Waals surface area (Å²) >= 11 is 0. The maximum atomic E-state index is 5.49. The van der Waals surface area contributed by atoms with Gasteiger partial charge in [0.05, 0.1) is 27.4 Å². The van der Waals surface area contributed by atoms with Gasteiger partial charge in [-0.3, -0.25) is 0 Å². The minimum absolute atomic E-state index is 0.152. The zero-order valence-corrected chi connectivity index (χ0v) is 15.8. The van der Waals surface area contributed by atoms with Crippen LogP contribution in [-0.4, -0.2) is 40.5 Å². The third kappa shape index (κ3) is 4.48. The lowest BCUT2D eigenvalue weighted by Crippen LogP contribution is -2.36. The molecule has 2 aromatic rings. The molecule has 1 aliphatic heterocycles. The van der Waals surface area contributed by atoms with Crippen molar-refractivity contribution in [3.8, 4) is 11.5 Å². The van der Waals surface area contributed by atoms with Crippen molar-refractivity contribution in [3.63, 3.8) is 0 Å². The highest BCUT2D eigenvalue weighted by Gasteiger charge is 2.13. The molecule has 0 radical (unpaired) electrons. The molecule has 0 saturated carbocycles. The lowest BCUT2D eigenvalue weighted by molar-refractivity contribution is 0.122. The molecule has 5 nitrogen and oxygen atoms in total. The Hall–Kier alpha value is -2.24. The Morgan fingerprint density at radius 3 is 2.42 bits per heavy atom.